The van der Waals surface area contributed by atoms with Crippen LogP contribution < -0.4 is 5.32 Å². The van der Waals surface area contributed by atoms with Crippen molar-refractivity contribution in [2.45, 2.75) is 20.4 Å². The van der Waals surface area contributed by atoms with Crippen molar-refractivity contribution in [1.82, 2.24) is 5.32 Å². The second-order valence-electron chi connectivity index (χ2n) is 3.10. The Labute approximate surface area is 92.6 Å². The van der Waals surface area contributed by atoms with Gasteiger partial charge in [-0.15, -0.1) is 0 Å². The van der Waals surface area contributed by atoms with E-state index in [9.17, 15) is 0 Å². The zero-order valence-electron chi connectivity index (χ0n) is 8.04. The second kappa shape index (κ2) is 4.45. The zero-order chi connectivity index (χ0) is 10.0. The van der Waals surface area contributed by atoms with Crippen LogP contribution in [0.15, 0.2) is 10.5 Å². The molecule has 0 unspecified atom stereocenters. The van der Waals surface area contributed by atoms with Crippen molar-refractivity contribution in [2.75, 3.05) is 7.05 Å². The first-order valence-corrected chi connectivity index (χ1v) is 5.33. The molecule has 0 saturated carbocycles. The Hall–Kier alpha value is -0.0500. The van der Waals surface area contributed by atoms with Crippen LogP contribution in [0.1, 0.15) is 16.7 Å². The van der Waals surface area contributed by atoms with E-state index < -0.39 is 0 Å². The summed E-state index contributed by atoms with van der Waals surface area (Å²) in [5, 5.41) is 3.96. The highest BCUT2D eigenvalue weighted by atomic mass is 79.9. The van der Waals surface area contributed by atoms with Crippen LogP contribution in [0, 0.1) is 13.8 Å². The highest BCUT2D eigenvalue weighted by Crippen LogP contribution is 2.29. The van der Waals surface area contributed by atoms with Gasteiger partial charge in [0.2, 0.25) is 0 Å². The van der Waals surface area contributed by atoms with Gasteiger partial charge in [0.15, 0.2) is 0 Å². The number of nitrogens with one attached hydrogen (secondary N) is 1. The molecule has 13 heavy (non-hydrogen) atoms. The van der Waals surface area contributed by atoms with Crippen molar-refractivity contribution in [3.8, 4) is 0 Å². The molecular weight excluding hydrogens is 249 g/mol. The van der Waals surface area contributed by atoms with E-state index in [-0.39, 0.29) is 0 Å². The molecule has 0 atom stereocenters. The Morgan fingerprint density at radius 1 is 1.38 bits per heavy atom. The molecule has 1 aromatic carbocycles. The SMILES string of the molecule is CNCc1c(C)c(Cl)cc(Br)c1C. The molecular formula is C10H13BrClN. The van der Waals surface area contributed by atoms with Gasteiger partial charge in [-0.1, -0.05) is 27.5 Å². The molecule has 0 radical (unpaired) electrons. The van der Waals surface area contributed by atoms with Gasteiger partial charge in [0.1, 0.15) is 0 Å². The van der Waals surface area contributed by atoms with Gasteiger partial charge in [0, 0.05) is 16.0 Å². The summed E-state index contributed by atoms with van der Waals surface area (Å²) in [5.74, 6) is 0. The molecule has 0 saturated heterocycles. The molecule has 0 spiro atoms. The molecule has 0 fully saturated rings. The summed E-state index contributed by atoms with van der Waals surface area (Å²) >= 11 is 9.56. The largest absolute Gasteiger partial charge is 0.316 e. The van der Waals surface area contributed by atoms with Crippen molar-refractivity contribution < 1.29 is 0 Å². The zero-order valence-corrected chi connectivity index (χ0v) is 10.4. The van der Waals surface area contributed by atoms with Gasteiger partial charge >= 0.3 is 0 Å². The highest BCUT2D eigenvalue weighted by Gasteiger charge is 2.08. The first-order chi connectivity index (χ1) is 6.07. The van der Waals surface area contributed by atoms with E-state index in [1.807, 2.05) is 13.1 Å². The van der Waals surface area contributed by atoms with Crippen molar-refractivity contribution >= 4 is 27.5 Å². The van der Waals surface area contributed by atoms with Crippen LogP contribution in [0.4, 0.5) is 0 Å². The molecule has 1 N–H and O–H groups in total. The minimum absolute atomic E-state index is 0.822. The average Bonchev–Trinajstić information content (AvgIpc) is 2.09. The van der Waals surface area contributed by atoms with Crippen molar-refractivity contribution in [3.05, 3.63) is 32.3 Å². The predicted octanol–water partition coefficient (Wildman–Crippen LogP) is 3.44. The van der Waals surface area contributed by atoms with Gasteiger partial charge < -0.3 is 5.32 Å². The lowest BCUT2D eigenvalue weighted by molar-refractivity contribution is 0.805. The van der Waals surface area contributed by atoms with E-state index >= 15 is 0 Å². The van der Waals surface area contributed by atoms with E-state index in [4.69, 9.17) is 11.6 Å². The van der Waals surface area contributed by atoms with E-state index in [0.717, 1.165) is 21.6 Å². The molecule has 0 amide bonds. The van der Waals surface area contributed by atoms with Gasteiger partial charge in [-0.2, -0.15) is 0 Å². The Kier molecular flexibility index (Phi) is 3.77. The molecule has 1 rings (SSSR count). The van der Waals surface area contributed by atoms with Gasteiger partial charge in [0.25, 0.3) is 0 Å². The summed E-state index contributed by atoms with van der Waals surface area (Å²) < 4.78 is 1.08. The third-order valence-electron chi connectivity index (χ3n) is 2.23. The summed E-state index contributed by atoms with van der Waals surface area (Å²) in [6, 6.07) is 1.95. The molecule has 0 bridgehead atoms. The molecule has 1 aromatic rings. The van der Waals surface area contributed by atoms with Crippen molar-refractivity contribution in [1.29, 1.82) is 0 Å². The maximum atomic E-state index is 6.07. The molecule has 0 aromatic heterocycles. The van der Waals surface area contributed by atoms with Crippen LogP contribution >= 0.6 is 27.5 Å². The maximum Gasteiger partial charge on any atom is 0.0449 e. The van der Waals surface area contributed by atoms with E-state index in [2.05, 4.69) is 35.1 Å². The molecule has 72 valence electrons. The minimum atomic E-state index is 0.822. The Bertz CT molecular complexity index is 297. The summed E-state index contributed by atoms with van der Waals surface area (Å²) in [4.78, 5) is 0. The van der Waals surface area contributed by atoms with Gasteiger partial charge in [-0.25, -0.2) is 0 Å². The smallest absolute Gasteiger partial charge is 0.0449 e. The topological polar surface area (TPSA) is 12.0 Å². The normalized spacial score (nSPS) is 10.5. The third-order valence-corrected chi connectivity index (χ3v) is 3.45. The number of hydrogen-bond donors (Lipinski definition) is 1. The van der Waals surface area contributed by atoms with Crippen LogP contribution in [0.3, 0.4) is 0 Å². The van der Waals surface area contributed by atoms with Gasteiger partial charge in [0.05, 0.1) is 0 Å². The van der Waals surface area contributed by atoms with Gasteiger partial charge in [-0.05, 0) is 43.7 Å². The third kappa shape index (κ3) is 2.25. The van der Waals surface area contributed by atoms with Crippen molar-refractivity contribution in [2.24, 2.45) is 0 Å². The molecule has 0 aliphatic carbocycles. The van der Waals surface area contributed by atoms with Crippen LogP contribution in [0.25, 0.3) is 0 Å². The fourth-order valence-electron chi connectivity index (χ4n) is 1.34. The number of benzene rings is 1. The number of hydrogen-bond acceptors (Lipinski definition) is 1. The second-order valence-corrected chi connectivity index (χ2v) is 4.36. The highest BCUT2D eigenvalue weighted by molar-refractivity contribution is 9.10. The standard InChI is InChI=1S/C10H13BrClN/c1-6-8(5-13-3)7(2)10(12)4-9(6)11/h4,13H,5H2,1-3H3. The summed E-state index contributed by atoms with van der Waals surface area (Å²) in [5.41, 5.74) is 3.70. The fourth-order valence-corrected chi connectivity index (χ4v) is 2.16. The van der Waals surface area contributed by atoms with E-state index in [1.165, 1.54) is 11.1 Å². The monoisotopic (exact) mass is 261 g/mol. The Morgan fingerprint density at radius 2 is 2.00 bits per heavy atom. The molecule has 0 heterocycles. The van der Waals surface area contributed by atoms with Gasteiger partial charge in [-0.3, -0.25) is 0 Å². The van der Waals surface area contributed by atoms with Crippen LogP contribution in [-0.4, -0.2) is 7.05 Å². The lowest BCUT2D eigenvalue weighted by Gasteiger charge is -2.12. The first-order valence-electron chi connectivity index (χ1n) is 4.16. The minimum Gasteiger partial charge on any atom is -0.316 e. The van der Waals surface area contributed by atoms with Crippen LogP contribution in [0.5, 0.6) is 0 Å². The predicted molar refractivity (Wildman–Crippen MR) is 61.4 cm³/mol. The maximum absolute atomic E-state index is 6.07. The fraction of sp³-hybridized carbons (Fsp3) is 0.400. The molecule has 0 aliphatic rings. The summed E-state index contributed by atoms with van der Waals surface area (Å²) in [6.07, 6.45) is 0. The van der Waals surface area contributed by atoms with E-state index in [1.54, 1.807) is 0 Å². The lowest BCUT2D eigenvalue weighted by Crippen LogP contribution is -2.09. The first kappa shape index (κ1) is 11.0. The summed E-state index contributed by atoms with van der Waals surface area (Å²) in [7, 11) is 1.94. The van der Waals surface area contributed by atoms with E-state index in [0.29, 0.717) is 0 Å². The lowest BCUT2D eigenvalue weighted by atomic mass is 10.0. The summed E-state index contributed by atoms with van der Waals surface area (Å²) in [6.45, 7) is 5.01. The van der Waals surface area contributed by atoms with Crippen LogP contribution in [0.2, 0.25) is 5.02 Å². The number of halogens is 2. The molecule has 3 heteroatoms. The Morgan fingerprint density at radius 3 is 2.54 bits per heavy atom. The van der Waals surface area contributed by atoms with Crippen molar-refractivity contribution in [3.63, 3.8) is 0 Å². The van der Waals surface area contributed by atoms with Crippen LogP contribution in [-0.2, 0) is 6.54 Å². The molecule has 1 nitrogen and oxygen atoms in total. The average molecular weight is 263 g/mol. The molecule has 0 aliphatic heterocycles. The Balaban J connectivity index is 3.28. The number of rotatable bonds is 2. The quantitative estimate of drug-likeness (QED) is 0.861.